The van der Waals surface area contributed by atoms with Crippen molar-refractivity contribution >= 4 is 11.6 Å². The summed E-state index contributed by atoms with van der Waals surface area (Å²) < 4.78 is 0. The molecule has 0 heterocycles. The number of aliphatic hydroxyl groups excluding tert-OH is 1. The number of aliphatic hydroxyl groups is 1. The van der Waals surface area contributed by atoms with E-state index in [4.69, 9.17) is 11.6 Å². The van der Waals surface area contributed by atoms with E-state index in [0.29, 0.717) is 0 Å². The highest BCUT2D eigenvalue weighted by atomic mass is 35.5. The summed E-state index contributed by atoms with van der Waals surface area (Å²) in [4.78, 5) is 0. The Morgan fingerprint density at radius 3 is 2.26 bits per heavy atom. The van der Waals surface area contributed by atoms with E-state index in [1.807, 2.05) is 24.3 Å². The van der Waals surface area contributed by atoms with Crippen molar-refractivity contribution < 1.29 is 5.11 Å². The fourth-order valence-electron chi connectivity index (χ4n) is 2.50. The first-order valence-electron chi connectivity index (χ1n) is 7.64. The highest BCUT2D eigenvalue weighted by Crippen LogP contribution is 2.28. The molecule has 0 aliphatic rings. The summed E-state index contributed by atoms with van der Waals surface area (Å²) in [7, 11) is 0. The number of rotatable bonds is 10. The van der Waals surface area contributed by atoms with E-state index in [0.717, 1.165) is 17.0 Å². The second kappa shape index (κ2) is 10.3. The Bertz CT molecular complexity index is 338. The summed E-state index contributed by atoms with van der Waals surface area (Å²) in [5.41, 5.74) is 1.10. The van der Waals surface area contributed by atoms with Crippen LogP contribution in [0.5, 0.6) is 0 Å². The summed E-state index contributed by atoms with van der Waals surface area (Å²) in [5, 5.41) is 10.3. The lowest BCUT2D eigenvalue weighted by atomic mass is 9.93. The van der Waals surface area contributed by atoms with E-state index in [2.05, 4.69) is 6.92 Å². The van der Waals surface area contributed by atoms with Gasteiger partial charge in [-0.1, -0.05) is 81.7 Å². The largest absolute Gasteiger partial charge is 0.396 e. The number of unbranched alkanes of at least 4 members (excludes halogenated alkanes) is 6. The molecule has 1 rings (SSSR count). The smallest absolute Gasteiger partial charge is 0.0500 e. The molecule has 0 aromatic heterocycles. The molecule has 19 heavy (non-hydrogen) atoms. The molecule has 0 spiro atoms. The van der Waals surface area contributed by atoms with Gasteiger partial charge in [-0.2, -0.15) is 0 Å². The quantitative estimate of drug-likeness (QED) is 0.557. The van der Waals surface area contributed by atoms with E-state index >= 15 is 0 Å². The number of hydrogen-bond donors (Lipinski definition) is 1. The van der Waals surface area contributed by atoms with Crippen molar-refractivity contribution in [2.45, 2.75) is 64.2 Å². The second-order valence-electron chi connectivity index (χ2n) is 5.31. The van der Waals surface area contributed by atoms with E-state index < -0.39 is 0 Å². The predicted octanol–water partition coefficient (Wildman–Crippen LogP) is 5.56. The number of hydrogen-bond acceptors (Lipinski definition) is 1. The first kappa shape index (κ1) is 16.5. The minimum Gasteiger partial charge on any atom is -0.396 e. The predicted molar refractivity (Wildman–Crippen MR) is 83.9 cm³/mol. The van der Waals surface area contributed by atoms with Crippen LogP contribution in [0.1, 0.15) is 69.8 Å². The fraction of sp³-hybridized carbons (Fsp3) is 0.647. The van der Waals surface area contributed by atoms with Gasteiger partial charge in [0.15, 0.2) is 0 Å². The average molecular weight is 283 g/mol. The van der Waals surface area contributed by atoms with Crippen molar-refractivity contribution in [3.63, 3.8) is 0 Å². The zero-order chi connectivity index (χ0) is 13.9. The molecule has 1 N–H and O–H groups in total. The third-order valence-corrected chi connectivity index (χ3v) is 4.07. The highest BCUT2D eigenvalue weighted by molar-refractivity contribution is 6.31. The van der Waals surface area contributed by atoms with Crippen LogP contribution in [0.15, 0.2) is 24.3 Å². The van der Waals surface area contributed by atoms with Gasteiger partial charge in [0.2, 0.25) is 0 Å². The minimum absolute atomic E-state index is 0.194. The SMILES string of the molecule is CCCCCCCCCC(CO)c1ccccc1Cl. The van der Waals surface area contributed by atoms with Crippen molar-refractivity contribution in [3.05, 3.63) is 34.9 Å². The minimum atomic E-state index is 0.194. The van der Waals surface area contributed by atoms with E-state index in [1.165, 1.54) is 44.9 Å². The van der Waals surface area contributed by atoms with Crippen molar-refractivity contribution in [2.24, 2.45) is 0 Å². The van der Waals surface area contributed by atoms with Crippen molar-refractivity contribution in [3.8, 4) is 0 Å². The molecule has 0 saturated heterocycles. The maximum absolute atomic E-state index is 9.52. The van der Waals surface area contributed by atoms with Crippen LogP contribution < -0.4 is 0 Å². The third-order valence-electron chi connectivity index (χ3n) is 3.72. The van der Waals surface area contributed by atoms with E-state index in [1.54, 1.807) is 0 Å². The normalized spacial score (nSPS) is 12.6. The van der Waals surface area contributed by atoms with Gasteiger partial charge in [-0.25, -0.2) is 0 Å². The molecule has 0 saturated carbocycles. The first-order valence-corrected chi connectivity index (χ1v) is 8.02. The van der Waals surface area contributed by atoms with Crippen molar-refractivity contribution in [2.75, 3.05) is 6.61 Å². The van der Waals surface area contributed by atoms with Crippen LogP contribution in [0.25, 0.3) is 0 Å². The zero-order valence-corrected chi connectivity index (χ0v) is 12.8. The lowest BCUT2D eigenvalue weighted by Gasteiger charge is -2.15. The van der Waals surface area contributed by atoms with E-state index in [-0.39, 0.29) is 12.5 Å². The molecule has 108 valence electrons. The summed E-state index contributed by atoms with van der Waals surface area (Å²) in [6, 6.07) is 7.87. The standard InChI is InChI=1S/C17H27ClO/c1-2-3-4-5-6-7-8-11-15(14-19)16-12-9-10-13-17(16)18/h9-10,12-13,15,19H,2-8,11,14H2,1H3. The fourth-order valence-corrected chi connectivity index (χ4v) is 2.79. The Kier molecular flexibility index (Phi) is 8.94. The molecule has 0 bridgehead atoms. The van der Waals surface area contributed by atoms with Gasteiger partial charge in [0.1, 0.15) is 0 Å². The molecule has 2 heteroatoms. The third kappa shape index (κ3) is 6.44. The van der Waals surface area contributed by atoms with Crippen LogP contribution in [-0.2, 0) is 0 Å². The summed E-state index contributed by atoms with van der Waals surface area (Å²) in [6.07, 6.45) is 10.2. The Labute approximate surface area is 123 Å². The van der Waals surface area contributed by atoms with Gasteiger partial charge in [-0.05, 0) is 18.1 Å². The summed E-state index contributed by atoms with van der Waals surface area (Å²) >= 11 is 6.18. The molecule has 1 nitrogen and oxygen atoms in total. The molecule has 0 fully saturated rings. The number of benzene rings is 1. The average Bonchev–Trinajstić information content (AvgIpc) is 2.43. The molecule has 1 aromatic rings. The van der Waals surface area contributed by atoms with E-state index in [9.17, 15) is 5.11 Å². The lowest BCUT2D eigenvalue weighted by molar-refractivity contribution is 0.256. The van der Waals surface area contributed by atoms with Crippen LogP contribution >= 0.6 is 11.6 Å². The van der Waals surface area contributed by atoms with Crippen LogP contribution in [0.4, 0.5) is 0 Å². The Morgan fingerprint density at radius 1 is 1.00 bits per heavy atom. The van der Waals surface area contributed by atoms with Crippen LogP contribution in [-0.4, -0.2) is 11.7 Å². The molecular formula is C17H27ClO. The van der Waals surface area contributed by atoms with Crippen LogP contribution in [0, 0.1) is 0 Å². The van der Waals surface area contributed by atoms with Crippen LogP contribution in [0.2, 0.25) is 5.02 Å². The van der Waals surface area contributed by atoms with Gasteiger partial charge >= 0.3 is 0 Å². The first-order chi connectivity index (χ1) is 9.29. The Balaban J connectivity index is 2.24. The summed E-state index contributed by atoms with van der Waals surface area (Å²) in [6.45, 7) is 2.44. The van der Waals surface area contributed by atoms with Gasteiger partial charge in [0, 0.05) is 17.5 Å². The van der Waals surface area contributed by atoms with Gasteiger partial charge in [0.25, 0.3) is 0 Å². The van der Waals surface area contributed by atoms with Gasteiger partial charge in [-0.3, -0.25) is 0 Å². The van der Waals surface area contributed by atoms with Gasteiger partial charge in [-0.15, -0.1) is 0 Å². The van der Waals surface area contributed by atoms with Crippen LogP contribution in [0.3, 0.4) is 0 Å². The molecule has 0 aliphatic carbocycles. The monoisotopic (exact) mass is 282 g/mol. The van der Waals surface area contributed by atoms with Gasteiger partial charge < -0.3 is 5.11 Å². The second-order valence-corrected chi connectivity index (χ2v) is 5.72. The highest BCUT2D eigenvalue weighted by Gasteiger charge is 2.12. The van der Waals surface area contributed by atoms with Crippen molar-refractivity contribution in [1.29, 1.82) is 0 Å². The molecule has 0 radical (unpaired) electrons. The summed E-state index contributed by atoms with van der Waals surface area (Å²) in [5.74, 6) is 0.198. The van der Waals surface area contributed by atoms with Crippen molar-refractivity contribution in [1.82, 2.24) is 0 Å². The number of halogens is 1. The molecule has 0 amide bonds. The van der Waals surface area contributed by atoms with Gasteiger partial charge in [0.05, 0.1) is 0 Å². The maximum Gasteiger partial charge on any atom is 0.0500 e. The lowest BCUT2D eigenvalue weighted by Crippen LogP contribution is -2.04. The topological polar surface area (TPSA) is 20.2 Å². The molecule has 1 aromatic carbocycles. The molecular weight excluding hydrogens is 256 g/mol. The molecule has 0 aliphatic heterocycles. The Morgan fingerprint density at radius 2 is 1.63 bits per heavy atom. The molecule has 1 atom stereocenters. The maximum atomic E-state index is 9.52. The zero-order valence-electron chi connectivity index (χ0n) is 12.1. The Hall–Kier alpha value is -0.530. The molecule has 1 unspecified atom stereocenters.